The van der Waals surface area contributed by atoms with E-state index in [4.69, 9.17) is 11.6 Å². The fraction of sp³-hybridized carbons (Fsp3) is 0.417. The number of rotatable bonds is 3. The smallest absolute Gasteiger partial charge is 0.256 e. The van der Waals surface area contributed by atoms with Gasteiger partial charge in [-0.2, -0.15) is 0 Å². The molecular weight excluding hydrogens is 326 g/mol. The summed E-state index contributed by atoms with van der Waals surface area (Å²) in [6.45, 7) is 0.134. The van der Waals surface area contributed by atoms with E-state index in [1.54, 1.807) is 0 Å². The van der Waals surface area contributed by atoms with E-state index in [0.717, 1.165) is 12.1 Å². The van der Waals surface area contributed by atoms with Gasteiger partial charge in [0.2, 0.25) is 10.0 Å². The van der Waals surface area contributed by atoms with Crippen molar-refractivity contribution in [1.82, 2.24) is 9.62 Å². The second-order valence-corrected chi connectivity index (χ2v) is 7.18. The molecule has 1 N–H and O–H groups in total. The molecule has 1 aromatic carbocycles. The number of sulfonamides is 1. The summed E-state index contributed by atoms with van der Waals surface area (Å²) in [4.78, 5) is 13.4. The number of nitrogens with zero attached hydrogens (tertiary/aromatic N) is 1. The summed E-state index contributed by atoms with van der Waals surface area (Å²) in [6, 6.07) is 1.90. The van der Waals surface area contributed by atoms with Gasteiger partial charge >= 0.3 is 0 Å². The highest BCUT2D eigenvalue weighted by Gasteiger charge is 2.35. The Morgan fingerprint density at radius 2 is 2.10 bits per heavy atom. The van der Waals surface area contributed by atoms with E-state index in [-0.39, 0.29) is 25.1 Å². The van der Waals surface area contributed by atoms with Crippen molar-refractivity contribution in [1.29, 1.82) is 0 Å². The normalized spacial score (nSPS) is 19.0. The van der Waals surface area contributed by atoms with Gasteiger partial charge in [-0.05, 0) is 25.6 Å². The summed E-state index contributed by atoms with van der Waals surface area (Å²) in [5.74, 6) is -2.80. The lowest BCUT2D eigenvalue weighted by atomic mass is 10.2. The number of benzene rings is 1. The van der Waals surface area contributed by atoms with Crippen molar-refractivity contribution in [2.45, 2.75) is 11.7 Å². The van der Waals surface area contributed by atoms with Crippen LogP contribution in [-0.2, 0) is 10.0 Å². The van der Waals surface area contributed by atoms with Crippen LogP contribution in [-0.4, -0.2) is 44.6 Å². The quantitative estimate of drug-likeness (QED) is 0.847. The molecular formula is C12H13ClF2N2O3S. The van der Waals surface area contributed by atoms with Gasteiger partial charge in [-0.1, -0.05) is 11.6 Å². The molecule has 0 aromatic heterocycles. The Morgan fingerprint density at radius 1 is 1.43 bits per heavy atom. The molecule has 1 aromatic rings. The van der Waals surface area contributed by atoms with Crippen LogP contribution in [0.4, 0.5) is 8.78 Å². The van der Waals surface area contributed by atoms with E-state index in [1.807, 2.05) is 0 Å². The lowest BCUT2D eigenvalue weighted by Gasteiger charge is -2.17. The lowest BCUT2D eigenvalue weighted by molar-refractivity contribution is 0.0788. The molecule has 0 radical (unpaired) electrons. The van der Waals surface area contributed by atoms with E-state index < -0.39 is 37.8 Å². The molecule has 1 fully saturated rings. The zero-order valence-electron chi connectivity index (χ0n) is 11.1. The molecule has 1 aliphatic heterocycles. The Hall–Kier alpha value is -1.25. The third-order valence-corrected chi connectivity index (χ3v) is 5.60. The molecule has 0 spiro atoms. The van der Waals surface area contributed by atoms with Crippen LogP contribution < -0.4 is 4.72 Å². The van der Waals surface area contributed by atoms with Crippen LogP contribution in [0.2, 0.25) is 5.02 Å². The SMILES string of the molecule is CNS(=O)(=O)[C@H]1CCN(C(=O)c2ccc(F)c(Cl)c2F)C1. The van der Waals surface area contributed by atoms with Crippen LogP contribution in [0.1, 0.15) is 16.8 Å². The summed E-state index contributed by atoms with van der Waals surface area (Å²) < 4.78 is 52.4. The molecule has 0 unspecified atom stereocenters. The first-order chi connectivity index (χ1) is 9.77. The molecule has 1 aliphatic rings. The van der Waals surface area contributed by atoms with Crippen LogP contribution in [0.3, 0.4) is 0 Å². The van der Waals surface area contributed by atoms with Gasteiger partial charge in [0.15, 0.2) is 5.82 Å². The van der Waals surface area contributed by atoms with Crippen molar-refractivity contribution in [3.63, 3.8) is 0 Å². The molecule has 0 aliphatic carbocycles. The average molecular weight is 339 g/mol. The average Bonchev–Trinajstić information content (AvgIpc) is 2.95. The maximum Gasteiger partial charge on any atom is 0.256 e. The fourth-order valence-electron chi connectivity index (χ4n) is 2.19. The third-order valence-electron chi connectivity index (χ3n) is 3.42. The minimum absolute atomic E-state index is 0.0452. The third kappa shape index (κ3) is 3.02. The van der Waals surface area contributed by atoms with Gasteiger partial charge in [-0.3, -0.25) is 4.79 Å². The van der Waals surface area contributed by atoms with E-state index in [9.17, 15) is 22.0 Å². The summed E-state index contributed by atoms with van der Waals surface area (Å²) >= 11 is 5.43. The maximum absolute atomic E-state index is 13.8. The van der Waals surface area contributed by atoms with Gasteiger partial charge in [0.1, 0.15) is 10.8 Å². The number of carbonyl (C=O) groups excluding carboxylic acids is 1. The summed E-state index contributed by atoms with van der Waals surface area (Å²) in [5, 5.41) is -1.50. The van der Waals surface area contributed by atoms with Gasteiger partial charge in [-0.15, -0.1) is 0 Å². The number of amides is 1. The van der Waals surface area contributed by atoms with Crippen LogP contribution in [0, 0.1) is 11.6 Å². The van der Waals surface area contributed by atoms with E-state index >= 15 is 0 Å². The Labute approximate surface area is 125 Å². The highest BCUT2D eigenvalue weighted by atomic mass is 35.5. The molecule has 5 nitrogen and oxygen atoms in total. The van der Waals surface area contributed by atoms with Crippen molar-refractivity contribution >= 4 is 27.5 Å². The highest BCUT2D eigenvalue weighted by Crippen LogP contribution is 2.25. The van der Waals surface area contributed by atoms with Gasteiger partial charge in [0, 0.05) is 13.1 Å². The largest absolute Gasteiger partial charge is 0.337 e. The molecule has 2 rings (SSSR count). The predicted molar refractivity (Wildman–Crippen MR) is 73.7 cm³/mol. The summed E-state index contributed by atoms with van der Waals surface area (Å²) in [7, 11) is -2.20. The summed E-state index contributed by atoms with van der Waals surface area (Å²) in [6.07, 6.45) is 0.255. The molecule has 9 heteroatoms. The number of carbonyl (C=O) groups is 1. The zero-order valence-corrected chi connectivity index (χ0v) is 12.6. The van der Waals surface area contributed by atoms with Crippen molar-refractivity contribution in [3.05, 3.63) is 34.4 Å². The molecule has 1 heterocycles. The van der Waals surface area contributed by atoms with E-state index in [1.165, 1.54) is 11.9 Å². The Bertz CT molecular complexity index is 681. The lowest BCUT2D eigenvalue weighted by Crippen LogP contribution is -2.36. The van der Waals surface area contributed by atoms with Crippen LogP contribution in [0.25, 0.3) is 0 Å². The first-order valence-electron chi connectivity index (χ1n) is 6.13. The molecule has 116 valence electrons. The number of hydrogen-bond donors (Lipinski definition) is 1. The Kier molecular flexibility index (Phi) is 4.50. The summed E-state index contributed by atoms with van der Waals surface area (Å²) in [5.41, 5.74) is -0.371. The van der Waals surface area contributed by atoms with Gasteiger partial charge in [0.05, 0.1) is 10.8 Å². The maximum atomic E-state index is 13.8. The van der Waals surface area contributed by atoms with Gasteiger partial charge in [0.25, 0.3) is 5.91 Å². The topological polar surface area (TPSA) is 66.5 Å². The first kappa shape index (κ1) is 16.1. The Morgan fingerprint density at radius 3 is 2.71 bits per heavy atom. The highest BCUT2D eigenvalue weighted by molar-refractivity contribution is 7.90. The van der Waals surface area contributed by atoms with Crippen molar-refractivity contribution in [3.8, 4) is 0 Å². The molecule has 0 bridgehead atoms. The number of hydrogen-bond acceptors (Lipinski definition) is 3. The molecule has 1 amide bonds. The predicted octanol–water partition coefficient (Wildman–Crippen LogP) is 1.38. The molecule has 1 atom stereocenters. The second kappa shape index (κ2) is 5.86. The van der Waals surface area contributed by atoms with E-state index in [0.29, 0.717) is 0 Å². The van der Waals surface area contributed by atoms with Crippen LogP contribution in [0.5, 0.6) is 0 Å². The first-order valence-corrected chi connectivity index (χ1v) is 8.05. The monoisotopic (exact) mass is 338 g/mol. The minimum atomic E-state index is -3.50. The van der Waals surface area contributed by atoms with Crippen molar-refractivity contribution in [2.24, 2.45) is 0 Å². The number of halogens is 3. The van der Waals surface area contributed by atoms with Crippen LogP contribution >= 0.6 is 11.6 Å². The number of likely N-dealkylation sites (tertiary alicyclic amines) is 1. The second-order valence-electron chi connectivity index (χ2n) is 4.63. The van der Waals surface area contributed by atoms with Gasteiger partial charge < -0.3 is 4.90 Å². The minimum Gasteiger partial charge on any atom is -0.337 e. The van der Waals surface area contributed by atoms with E-state index in [2.05, 4.69) is 4.72 Å². The standard InChI is InChI=1S/C12H13ClF2N2O3S/c1-16-21(19,20)7-4-5-17(6-7)12(18)8-2-3-9(14)10(13)11(8)15/h2-3,7,16H,4-6H2,1H3/t7-/m0/s1. The van der Waals surface area contributed by atoms with Gasteiger partial charge in [-0.25, -0.2) is 21.9 Å². The van der Waals surface area contributed by atoms with Crippen LogP contribution in [0.15, 0.2) is 12.1 Å². The molecule has 1 saturated heterocycles. The van der Waals surface area contributed by atoms with Crippen molar-refractivity contribution < 1.29 is 22.0 Å². The molecule has 0 saturated carbocycles. The fourth-order valence-corrected chi connectivity index (χ4v) is 3.48. The van der Waals surface area contributed by atoms with Crippen molar-refractivity contribution in [2.75, 3.05) is 20.1 Å². The zero-order chi connectivity index (χ0) is 15.8. The molecule has 21 heavy (non-hydrogen) atoms. The number of nitrogens with one attached hydrogen (secondary N) is 1. The Balaban J connectivity index is 2.22.